The van der Waals surface area contributed by atoms with Crippen molar-refractivity contribution < 1.29 is 23.2 Å². The molecule has 1 aromatic carbocycles. The van der Waals surface area contributed by atoms with Crippen LogP contribution >= 0.6 is 0 Å². The lowest BCUT2D eigenvalue weighted by atomic mass is 10.1. The molecule has 9 nitrogen and oxygen atoms in total. The topological polar surface area (TPSA) is 112 Å². The van der Waals surface area contributed by atoms with Crippen molar-refractivity contribution >= 4 is 23.2 Å². The average molecular weight is 465 g/mol. The lowest BCUT2D eigenvalue weighted by molar-refractivity contribution is -0.154. The lowest BCUT2D eigenvalue weighted by Crippen LogP contribution is -2.24. The maximum Gasteiger partial charge on any atom is 0.306 e. The van der Waals surface area contributed by atoms with Crippen LogP contribution in [0.5, 0.6) is 0 Å². The Balaban J connectivity index is 1.52. The Morgan fingerprint density at radius 2 is 2.03 bits per heavy atom. The number of amides is 1. The van der Waals surface area contributed by atoms with Gasteiger partial charge in [-0.1, -0.05) is 11.2 Å². The van der Waals surface area contributed by atoms with Crippen molar-refractivity contribution in [2.45, 2.75) is 46.1 Å². The Hall–Kier alpha value is -4.08. The number of carbonyl (C=O) groups is 2. The Morgan fingerprint density at radius 1 is 1.24 bits per heavy atom. The largest absolute Gasteiger partial charge is 0.460 e. The summed E-state index contributed by atoms with van der Waals surface area (Å²) >= 11 is 0. The van der Waals surface area contributed by atoms with Crippen LogP contribution in [-0.4, -0.2) is 37.0 Å². The fourth-order valence-corrected chi connectivity index (χ4v) is 3.33. The highest BCUT2D eigenvalue weighted by Crippen LogP contribution is 2.28. The number of imidazole rings is 1. The van der Waals surface area contributed by atoms with E-state index in [1.165, 1.54) is 18.3 Å². The van der Waals surface area contributed by atoms with Gasteiger partial charge in [-0.25, -0.2) is 9.37 Å². The first-order valence-electron chi connectivity index (χ1n) is 10.7. The Bertz CT molecular complexity index is 1370. The summed E-state index contributed by atoms with van der Waals surface area (Å²) < 4.78 is 26.8. The lowest BCUT2D eigenvalue weighted by Gasteiger charge is -2.19. The first-order chi connectivity index (χ1) is 16.1. The number of halogens is 1. The third-order valence-electron chi connectivity index (χ3n) is 4.88. The zero-order chi connectivity index (χ0) is 24.5. The molecule has 176 valence electrons. The highest BCUT2D eigenvalue weighted by molar-refractivity contribution is 6.04. The number of aromatic nitrogens is 4. The number of rotatable bonds is 6. The summed E-state index contributed by atoms with van der Waals surface area (Å²) in [6, 6.07) is 8.15. The van der Waals surface area contributed by atoms with Crippen molar-refractivity contribution in [1.29, 1.82) is 0 Å². The first-order valence-corrected chi connectivity index (χ1v) is 10.7. The highest BCUT2D eigenvalue weighted by atomic mass is 19.1. The van der Waals surface area contributed by atoms with Crippen LogP contribution in [0.4, 0.5) is 10.1 Å². The van der Waals surface area contributed by atoms with Crippen molar-refractivity contribution in [3.05, 3.63) is 65.7 Å². The van der Waals surface area contributed by atoms with Crippen molar-refractivity contribution in [3.63, 3.8) is 0 Å². The number of aryl methyl sites for hydroxylation is 2. The molecule has 0 aliphatic rings. The first kappa shape index (κ1) is 23.1. The number of nitrogens with zero attached hydrogens (tertiary/aromatic N) is 4. The average Bonchev–Trinajstić information content (AvgIpc) is 3.40. The van der Waals surface area contributed by atoms with Crippen LogP contribution in [0.3, 0.4) is 0 Å². The number of ether oxygens (including phenoxy) is 1. The summed E-state index contributed by atoms with van der Waals surface area (Å²) in [5.41, 5.74) is 1.36. The van der Waals surface area contributed by atoms with Gasteiger partial charge < -0.3 is 14.6 Å². The summed E-state index contributed by atoms with van der Waals surface area (Å²) in [6.45, 7) is 7.02. The minimum absolute atomic E-state index is 0.0157. The van der Waals surface area contributed by atoms with Crippen molar-refractivity contribution in [1.82, 2.24) is 19.5 Å². The second-order valence-corrected chi connectivity index (χ2v) is 8.77. The van der Waals surface area contributed by atoms with E-state index < -0.39 is 23.3 Å². The second-order valence-electron chi connectivity index (χ2n) is 8.77. The summed E-state index contributed by atoms with van der Waals surface area (Å²) in [4.78, 5) is 33.2. The van der Waals surface area contributed by atoms with Gasteiger partial charge in [0.25, 0.3) is 5.91 Å². The van der Waals surface area contributed by atoms with Crippen LogP contribution < -0.4 is 5.32 Å². The molecule has 0 saturated heterocycles. The SMILES string of the molecule is Cc1cc(F)c(-c2noc(CCC(=O)OC(C)(C)C)n2)cc1NC(=O)c1cnc2ccccn12. The molecule has 34 heavy (non-hydrogen) atoms. The molecule has 3 heterocycles. The summed E-state index contributed by atoms with van der Waals surface area (Å²) in [7, 11) is 0. The number of fused-ring (bicyclic) bond motifs is 1. The van der Waals surface area contributed by atoms with E-state index >= 15 is 0 Å². The highest BCUT2D eigenvalue weighted by Gasteiger charge is 2.20. The van der Waals surface area contributed by atoms with Gasteiger partial charge in [-0.15, -0.1) is 0 Å². The maximum absolute atomic E-state index is 14.7. The van der Waals surface area contributed by atoms with Crippen molar-refractivity contribution in [2.24, 2.45) is 0 Å². The molecule has 3 aromatic heterocycles. The molecule has 10 heteroatoms. The minimum Gasteiger partial charge on any atom is -0.460 e. The Labute approximate surface area is 195 Å². The number of anilines is 1. The third-order valence-corrected chi connectivity index (χ3v) is 4.88. The number of carbonyl (C=O) groups excluding carboxylic acids is 2. The van der Waals surface area contributed by atoms with E-state index in [0.717, 1.165) is 0 Å². The number of hydrogen-bond donors (Lipinski definition) is 1. The van der Waals surface area contributed by atoms with Gasteiger partial charge in [0.05, 0.1) is 18.2 Å². The molecule has 0 aliphatic heterocycles. The van der Waals surface area contributed by atoms with E-state index in [1.54, 1.807) is 50.4 Å². The molecular formula is C24H24FN5O4. The van der Waals surface area contributed by atoms with E-state index in [4.69, 9.17) is 9.26 Å². The number of nitrogens with one attached hydrogen (secondary N) is 1. The number of benzene rings is 1. The molecule has 0 bridgehead atoms. The summed E-state index contributed by atoms with van der Waals surface area (Å²) in [5, 5.41) is 6.63. The molecule has 0 aliphatic carbocycles. The molecule has 1 amide bonds. The van der Waals surface area contributed by atoms with Gasteiger partial charge in [0, 0.05) is 18.3 Å². The van der Waals surface area contributed by atoms with E-state index in [2.05, 4.69) is 20.4 Å². The van der Waals surface area contributed by atoms with Crippen LogP contribution in [-0.2, 0) is 16.0 Å². The van der Waals surface area contributed by atoms with Gasteiger partial charge in [0.15, 0.2) is 0 Å². The van der Waals surface area contributed by atoms with Gasteiger partial charge in [0.2, 0.25) is 11.7 Å². The Kier molecular flexibility index (Phi) is 6.14. The van der Waals surface area contributed by atoms with Crippen molar-refractivity contribution in [2.75, 3.05) is 5.32 Å². The van der Waals surface area contributed by atoms with Gasteiger partial charge in [-0.2, -0.15) is 4.98 Å². The molecule has 4 rings (SSSR count). The fourth-order valence-electron chi connectivity index (χ4n) is 3.33. The van der Waals surface area contributed by atoms with Gasteiger partial charge in [-0.05, 0) is 57.5 Å². The molecule has 0 unspecified atom stereocenters. The van der Waals surface area contributed by atoms with E-state index in [0.29, 0.717) is 22.6 Å². The Morgan fingerprint density at radius 3 is 2.79 bits per heavy atom. The molecule has 0 atom stereocenters. The van der Waals surface area contributed by atoms with Crippen molar-refractivity contribution in [3.8, 4) is 11.4 Å². The number of esters is 1. The molecule has 0 spiro atoms. The standard InChI is InChI=1S/C24H24FN5O4/c1-14-11-16(25)15(22-28-20(34-29-22)8-9-21(31)33-24(2,3)4)12-17(14)27-23(32)18-13-26-19-7-5-6-10-30(18)19/h5-7,10-13H,8-9H2,1-4H3,(H,27,32). The fraction of sp³-hybridized carbons (Fsp3) is 0.292. The second kappa shape index (κ2) is 9.05. The summed E-state index contributed by atoms with van der Waals surface area (Å²) in [6.07, 6.45) is 3.42. The van der Waals surface area contributed by atoms with Crippen LogP contribution in [0.25, 0.3) is 17.0 Å². The predicted molar refractivity (Wildman–Crippen MR) is 122 cm³/mol. The normalized spacial score (nSPS) is 11.6. The maximum atomic E-state index is 14.7. The zero-order valence-corrected chi connectivity index (χ0v) is 19.3. The smallest absolute Gasteiger partial charge is 0.306 e. The molecule has 0 saturated carbocycles. The molecule has 4 aromatic rings. The number of pyridine rings is 1. The molecule has 0 fully saturated rings. The van der Waals surface area contributed by atoms with Gasteiger partial charge >= 0.3 is 5.97 Å². The van der Waals surface area contributed by atoms with Crippen LogP contribution in [0.15, 0.2) is 47.2 Å². The molecule has 0 radical (unpaired) electrons. The minimum atomic E-state index is -0.591. The van der Waals surface area contributed by atoms with E-state index in [1.807, 2.05) is 6.07 Å². The quantitative estimate of drug-likeness (QED) is 0.421. The van der Waals surface area contributed by atoms with Crippen LogP contribution in [0.2, 0.25) is 0 Å². The van der Waals surface area contributed by atoms with Gasteiger partial charge in [-0.3, -0.25) is 14.0 Å². The summed E-state index contributed by atoms with van der Waals surface area (Å²) in [5.74, 6) is -1.17. The zero-order valence-electron chi connectivity index (χ0n) is 19.3. The van der Waals surface area contributed by atoms with Gasteiger partial charge in [0.1, 0.15) is 22.8 Å². The predicted octanol–water partition coefficient (Wildman–Crippen LogP) is 4.36. The molecular weight excluding hydrogens is 441 g/mol. The monoisotopic (exact) mass is 465 g/mol. The van der Waals surface area contributed by atoms with Crippen LogP contribution in [0.1, 0.15) is 49.1 Å². The van der Waals surface area contributed by atoms with Crippen LogP contribution in [0, 0.1) is 12.7 Å². The third kappa shape index (κ3) is 5.11. The van der Waals surface area contributed by atoms with E-state index in [9.17, 15) is 14.0 Å². The number of hydrogen-bond acceptors (Lipinski definition) is 7. The van der Waals surface area contributed by atoms with E-state index in [-0.39, 0.29) is 30.1 Å². The molecule has 1 N–H and O–H groups in total.